The second-order valence-corrected chi connectivity index (χ2v) is 8.64. The highest BCUT2D eigenvalue weighted by atomic mass is 35.5. The number of esters is 1. The second-order valence-electron chi connectivity index (χ2n) is 7.83. The molecule has 4 N–H and O–H groups in total. The molecule has 0 aliphatic heterocycles. The number of aryl methyl sites for hydroxylation is 2. The zero-order chi connectivity index (χ0) is 25.3. The molecule has 0 unspecified atom stereocenters. The van der Waals surface area contributed by atoms with Gasteiger partial charge in [-0.2, -0.15) is 0 Å². The highest BCUT2D eigenvalue weighted by Gasteiger charge is 2.29. The maximum atomic E-state index is 12.7. The van der Waals surface area contributed by atoms with Crippen molar-refractivity contribution in [3.8, 4) is 11.5 Å². The number of aromatic amines is 4. The fourth-order valence-electron chi connectivity index (χ4n) is 3.92. The number of halogens is 3. The van der Waals surface area contributed by atoms with Gasteiger partial charge in [-0.3, -0.25) is 19.8 Å². The first kappa shape index (κ1) is 27.2. The quantitative estimate of drug-likeness (QED) is 0.192. The van der Waals surface area contributed by atoms with Gasteiger partial charge in [-0.05, 0) is 56.7 Å². The van der Waals surface area contributed by atoms with E-state index in [1.807, 2.05) is 0 Å². The standard InChI is InChI=1S/C24H22Cl2N4O5.ClH/c1-4-34-18-10-13(6-8-17(18)35-24(33)14-5-7-15(25)16(26)9-14)21(19-11(2)27-29-22(19)31)20-12(3)28-30-23(20)32;/h5-10,21H,4H2,1-3H3,(H2,27,29,31)(H2,28,30,32);1H. The Morgan fingerprint density at radius 1 is 0.861 bits per heavy atom. The highest BCUT2D eigenvalue weighted by molar-refractivity contribution is 6.42. The molecule has 0 saturated heterocycles. The Bertz CT molecular complexity index is 1460. The number of nitrogens with one attached hydrogen (secondary N) is 4. The first-order chi connectivity index (χ1) is 16.7. The number of aromatic nitrogens is 4. The molecule has 9 nitrogen and oxygen atoms in total. The summed E-state index contributed by atoms with van der Waals surface area (Å²) in [4.78, 5) is 38.1. The molecule has 0 saturated carbocycles. The van der Waals surface area contributed by atoms with Crippen LogP contribution in [0, 0.1) is 13.8 Å². The summed E-state index contributed by atoms with van der Waals surface area (Å²) in [7, 11) is 0. The highest BCUT2D eigenvalue weighted by Crippen LogP contribution is 2.37. The Balaban J connectivity index is 0.00000361. The van der Waals surface area contributed by atoms with Gasteiger partial charge in [0, 0.05) is 17.3 Å². The molecule has 0 aliphatic carbocycles. The van der Waals surface area contributed by atoms with E-state index in [0.717, 1.165) is 0 Å². The third kappa shape index (κ3) is 5.23. The van der Waals surface area contributed by atoms with Crippen molar-refractivity contribution in [1.82, 2.24) is 20.4 Å². The summed E-state index contributed by atoms with van der Waals surface area (Å²) >= 11 is 12.0. The predicted molar refractivity (Wildman–Crippen MR) is 140 cm³/mol. The molecule has 0 radical (unpaired) electrons. The van der Waals surface area contributed by atoms with Gasteiger partial charge in [0.05, 0.1) is 33.3 Å². The van der Waals surface area contributed by atoms with Crippen LogP contribution < -0.4 is 20.6 Å². The minimum Gasteiger partial charge on any atom is -0.490 e. The molecule has 0 atom stereocenters. The predicted octanol–water partition coefficient (Wildman–Crippen LogP) is 4.86. The summed E-state index contributed by atoms with van der Waals surface area (Å²) < 4.78 is 11.3. The summed E-state index contributed by atoms with van der Waals surface area (Å²) in [6.45, 7) is 5.57. The lowest BCUT2D eigenvalue weighted by molar-refractivity contribution is 0.0728. The molecule has 4 rings (SSSR count). The fourth-order valence-corrected chi connectivity index (χ4v) is 4.22. The van der Waals surface area contributed by atoms with Crippen LogP contribution in [-0.2, 0) is 0 Å². The average molecular weight is 554 g/mol. The van der Waals surface area contributed by atoms with Crippen molar-refractivity contribution in [3.63, 3.8) is 0 Å². The minimum atomic E-state index is -0.709. The largest absolute Gasteiger partial charge is 0.490 e. The molecule has 4 aromatic rings. The number of carbonyl (C=O) groups is 1. The van der Waals surface area contributed by atoms with Crippen molar-refractivity contribution in [2.24, 2.45) is 0 Å². The maximum Gasteiger partial charge on any atom is 0.343 e. The number of carbonyl (C=O) groups excluding carboxylic acids is 1. The summed E-state index contributed by atoms with van der Waals surface area (Å²) in [5, 5.41) is 11.3. The van der Waals surface area contributed by atoms with Crippen molar-refractivity contribution in [2.45, 2.75) is 26.7 Å². The fraction of sp³-hybridized carbons (Fsp3) is 0.208. The van der Waals surface area contributed by atoms with Crippen molar-refractivity contribution < 1.29 is 14.3 Å². The molecule has 0 bridgehead atoms. The van der Waals surface area contributed by atoms with Gasteiger partial charge in [-0.1, -0.05) is 29.3 Å². The first-order valence-electron chi connectivity index (χ1n) is 10.7. The van der Waals surface area contributed by atoms with Crippen LogP contribution in [0.25, 0.3) is 0 Å². The van der Waals surface area contributed by atoms with Gasteiger partial charge >= 0.3 is 5.97 Å². The summed E-state index contributed by atoms with van der Waals surface area (Å²) in [5.74, 6) is -0.911. The second kappa shape index (κ2) is 11.1. The maximum absolute atomic E-state index is 12.7. The molecule has 12 heteroatoms. The van der Waals surface area contributed by atoms with E-state index in [9.17, 15) is 14.4 Å². The summed E-state index contributed by atoms with van der Waals surface area (Å²) in [5.41, 5.74) is 2.08. The molecule has 0 fully saturated rings. The number of hydrogen-bond acceptors (Lipinski definition) is 5. The van der Waals surface area contributed by atoms with Crippen LogP contribution in [0.4, 0.5) is 0 Å². The zero-order valence-electron chi connectivity index (χ0n) is 19.5. The topological polar surface area (TPSA) is 133 Å². The van der Waals surface area contributed by atoms with Gasteiger partial charge in [0.15, 0.2) is 11.5 Å². The number of H-pyrrole nitrogens is 4. The number of ether oxygens (including phenoxy) is 2. The summed E-state index contributed by atoms with van der Waals surface area (Å²) in [6.07, 6.45) is 0. The van der Waals surface area contributed by atoms with Gasteiger partial charge in [0.2, 0.25) is 0 Å². The van der Waals surface area contributed by atoms with E-state index in [0.29, 0.717) is 39.7 Å². The van der Waals surface area contributed by atoms with Gasteiger partial charge in [-0.25, -0.2) is 4.79 Å². The Hall–Kier alpha value is -3.40. The van der Waals surface area contributed by atoms with Gasteiger partial charge < -0.3 is 19.7 Å². The zero-order valence-corrected chi connectivity index (χ0v) is 21.8. The molecule has 2 aromatic carbocycles. The number of rotatable bonds is 7. The van der Waals surface area contributed by atoms with E-state index in [2.05, 4.69) is 20.4 Å². The average Bonchev–Trinajstić information content (AvgIpc) is 3.33. The lowest BCUT2D eigenvalue weighted by atomic mass is 9.85. The third-order valence-corrected chi connectivity index (χ3v) is 6.30. The molecule has 0 amide bonds. The van der Waals surface area contributed by atoms with Crippen LogP contribution in [0.15, 0.2) is 46.0 Å². The molecule has 36 heavy (non-hydrogen) atoms. The number of hydrogen-bond donors (Lipinski definition) is 4. The summed E-state index contributed by atoms with van der Waals surface area (Å²) in [6, 6.07) is 9.33. The Kier molecular flexibility index (Phi) is 8.39. The Labute approximate surface area is 221 Å². The molecule has 0 aliphatic rings. The third-order valence-electron chi connectivity index (χ3n) is 5.56. The molecule has 2 heterocycles. The van der Waals surface area contributed by atoms with Crippen LogP contribution in [0.1, 0.15) is 51.3 Å². The Morgan fingerprint density at radius 2 is 1.47 bits per heavy atom. The smallest absolute Gasteiger partial charge is 0.343 e. The van der Waals surface area contributed by atoms with Gasteiger partial charge in [0.1, 0.15) is 0 Å². The molecule has 190 valence electrons. The van der Waals surface area contributed by atoms with Gasteiger partial charge in [-0.15, -0.1) is 12.4 Å². The van der Waals surface area contributed by atoms with Crippen LogP contribution in [-0.4, -0.2) is 33.0 Å². The van der Waals surface area contributed by atoms with E-state index in [1.54, 1.807) is 39.0 Å². The molecule has 0 spiro atoms. The molecular weight excluding hydrogens is 531 g/mol. The van der Waals surface area contributed by atoms with Crippen LogP contribution in [0.3, 0.4) is 0 Å². The SMILES string of the molecule is CCOc1cc(C(c2c(C)[nH][nH]c2=O)c2c(C)[nH][nH]c2=O)ccc1OC(=O)c1ccc(Cl)c(Cl)c1.Cl. The van der Waals surface area contributed by atoms with E-state index >= 15 is 0 Å². The molecule has 2 aromatic heterocycles. The van der Waals surface area contributed by atoms with Crippen molar-refractivity contribution in [1.29, 1.82) is 0 Å². The van der Waals surface area contributed by atoms with E-state index < -0.39 is 11.9 Å². The van der Waals surface area contributed by atoms with Crippen molar-refractivity contribution >= 4 is 41.6 Å². The van der Waals surface area contributed by atoms with E-state index in [1.165, 1.54) is 18.2 Å². The molecular formula is C24H23Cl3N4O5. The van der Waals surface area contributed by atoms with Crippen LogP contribution in [0.5, 0.6) is 11.5 Å². The van der Waals surface area contributed by atoms with Crippen LogP contribution >= 0.6 is 35.6 Å². The lowest BCUT2D eigenvalue weighted by Crippen LogP contribution is -2.20. The Morgan fingerprint density at radius 3 is 1.97 bits per heavy atom. The lowest BCUT2D eigenvalue weighted by Gasteiger charge is -2.18. The van der Waals surface area contributed by atoms with Crippen molar-refractivity contribution in [3.05, 3.63) is 101 Å². The van der Waals surface area contributed by atoms with E-state index in [-0.39, 0.29) is 45.6 Å². The normalized spacial score (nSPS) is 10.8. The van der Waals surface area contributed by atoms with Crippen LogP contribution in [0.2, 0.25) is 10.0 Å². The van der Waals surface area contributed by atoms with Crippen molar-refractivity contribution in [2.75, 3.05) is 6.61 Å². The van der Waals surface area contributed by atoms with Gasteiger partial charge in [0.25, 0.3) is 11.1 Å². The minimum absolute atomic E-state index is 0. The number of benzene rings is 2. The first-order valence-corrected chi connectivity index (χ1v) is 11.4. The van der Waals surface area contributed by atoms with E-state index in [4.69, 9.17) is 32.7 Å². The monoisotopic (exact) mass is 552 g/mol.